The summed E-state index contributed by atoms with van der Waals surface area (Å²) < 4.78 is 30.1. The van der Waals surface area contributed by atoms with E-state index >= 15 is 0 Å². The monoisotopic (exact) mass is 311 g/mol. The van der Waals surface area contributed by atoms with Crippen molar-refractivity contribution < 1.29 is 23.2 Å². The summed E-state index contributed by atoms with van der Waals surface area (Å²) in [6, 6.07) is 5.48. The van der Waals surface area contributed by atoms with Gasteiger partial charge in [0.15, 0.2) is 12.4 Å². The number of alkyl halides is 2. The number of nitrogens with zero attached hydrogens (tertiary/aromatic N) is 3. The average molecular weight is 311 g/mol. The van der Waals surface area contributed by atoms with Crippen LogP contribution in [0.5, 0.6) is 5.75 Å². The molecule has 0 fully saturated rings. The molecular formula is C13H11F2N3O4. The maximum absolute atomic E-state index is 12.3. The van der Waals surface area contributed by atoms with E-state index in [4.69, 9.17) is 0 Å². The molecule has 2 aromatic rings. The topological polar surface area (TPSA) is 87.3 Å². The molecule has 22 heavy (non-hydrogen) atoms. The number of aryl methyl sites for hydroxylation is 1. The second-order valence-electron chi connectivity index (χ2n) is 4.30. The molecule has 0 saturated heterocycles. The van der Waals surface area contributed by atoms with Crippen LogP contribution in [-0.2, 0) is 6.54 Å². The van der Waals surface area contributed by atoms with Gasteiger partial charge in [-0.3, -0.25) is 4.79 Å². The number of carbonyl (C=O) groups is 1. The lowest BCUT2D eigenvalue weighted by atomic mass is 10.1. The van der Waals surface area contributed by atoms with E-state index < -0.39 is 23.9 Å². The lowest BCUT2D eigenvalue weighted by molar-refractivity contribution is -0.392. The smallest absolute Gasteiger partial charge is 0.387 e. The molecule has 0 amide bonds. The van der Waals surface area contributed by atoms with Gasteiger partial charge in [0.1, 0.15) is 11.9 Å². The predicted molar refractivity (Wildman–Crippen MR) is 71.0 cm³/mol. The van der Waals surface area contributed by atoms with Crippen molar-refractivity contribution >= 4 is 11.6 Å². The SMILES string of the molecule is Cc1ncc([N+](=O)[O-])n1CC(=O)c1ccccc1OC(F)F. The van der Waals surface area contributed by atoms with Crippen LogP contribution < -0.4 is 4.74 Å². The molecule has 0 aliphatic rings. The molecule has 0 radical (unpaired) electrons. The number of rotatable bonds is 6. The van der Waals surface area contributed by atoms with E-state index in [1.807, 2.05) is 0 Å². The first-order chi connectivity index (χ1) is 10.4. The van der Waals surface area contributed by atoms with Crippen LogP contribution in [0.4, 0.5) is 14.6 Å². The van der Waals surface area contributed by atoms with E-state index in [2.05, 4.69) is 9.72 Å². The molecule has 2 rings (SSSR count). The lowest BCUT2D eigenvalue weighted by Gasteiger charge is -2.09. The Morgan fingerprint density at radius 1 is 1.45 bits per heavy atom. The fraction of sp³-hybridized carbons (Fsp3) is 0.231. The summed E-state index contributed by atoms with van der Waals surface area (Å²) in [5, 5.41) is 10.9. The number of ketones is 1. The van der Waals surface area contributed by atoms with Crippen molar-refractivity contribution in [3.05, 3.63) is 52.0 Å². The first kappa shape index (κ1) is 15.5. The number of imidazole rings is 1. The Bertz CT molecular complexity index is 715. The zero-order chi connectivity index (χ0) is 16.3. The largest absolute Gasteiger partial charge is 0.434 e. The van der Waals surface area contributed by atoms with Crippen LogP contribution >= 0.6 is 0 Å². The number of carbonyl (C=O) groups excluding carboxylic acids is 1. The quantitative estimate of drug-likeness (QED) is 0.465. The van der Waals surface area contributed by atoms with Gasteiger partial charge in [0.2, 0.25) is 5.78 Å². The number of aromatic nitrogens is 2. The molecular weight excluding hydrogens is 300 g/mol. The Morgan fingerprint density at radius 3 is 2.77 bits per heavy atom. The second kappa shape index (κ2) is 6.29. The van der Waals surface area contributed by atoms with E-state index in [-0.39, 0.29) is 23.0 Å². The number of ether oxygens (including phenoxy) is 1. The number of Topliss-reactive ketones (excluding diaryl/α,β-unsaturated/α-hetero) is 1. The third-order valence-corrected chi connectivity index (χ3v) is 2.93. The lowest BCUT2D eigenvalue weighted by Crippen LogP contribution is -2.15. The van der Waals surface area contributed by atoms with Gasteiger partial charge < -0.3 is 14.9 Å². The number of hydrogen-bond donors (Lipinski definition) is 0. The molecule has 1 heterocycles. The summed E-state index contributed by atoms with van der Waals surface area (Å²) in [5.41, 5.74) is -0.0785. The third kappa shape index (κ3) is 3.25. The summed E-state index contributed by atoms with van der Waals surface area (Å²) in [6.07, 6.45) is 1.03. The molecule has 1 aromatic carbocycles. The van der Waals surface area contributed by atoms with Crippen LogP contribution in [0.25, 0.3) is 0 Å². The molecule has 7 nitrogen and oxygen atoms in total. The highest BCUT2D eigenvalue weighted by Gasteiger charge is 2.23. The summed E-state index contributed by atoms with van der Waals surface area (Å²) in [4.78, 5) is 26.2. The Hall–Kier alpha value is -2.84. The van der Waals surface area contributed by atoms with Gasteiger partial charge in [-0.25, -0.2) is 9.55 Å². The molecule has 0 aliphatic heterocycles. The fourth-order valence-corrected chi connectivity index (χ4v) is 1.92. The van der Waals surface area contributed by atoms with Crippen molar-refractivity contribution in [2.24, 2.45) is 0 Å². The fourth-order valence-electron chi connectivity index (χ4n) is 1.92. The average Bonchev–Trinajstić information content (AvgIpc) is 2.80. The summed E-state index contributed by atoms with van der Waals surface area (Å²) in [6.45, 7) is -1.97. The molecule has 116 valence electrons. The molecule has 0 spiro atoms. The van der Waals surface area contributed by atoms with Crippen LogP contribution in [0.1, 0.15) is 16.2 Å². The zero-order valence-corrected chi connectivity index (χ0v) is 11.4. The van der Waals surface area contributed by atoms with Gasteiger partial charge in [-0.1, -0.05) is 12.1 Å². The minimum atomic E-state index is -3.07. The molecule has 9 heteroatoms. The normalized spacial score (nSPS) is 10.7. The highest BCUT2D eigenvalue weighted by molar-refractivity contribution is 5.98. The highest BCUT2D eigenvalue weighted by atomic mass is 19.3. The van der Waals surface area contributed by atoms with Crippen molar-refractivity contribution in [3.8, 4) is 5.75 Å². The molecule has 1 aromatic heterocycles. The molecule has 0 N–H and O–H groups in total. The summed E-state index contributed by atoms with van der Waals surface area (Å²) in [5.74, 6) is -0.950. The van der Waals surface area contributed by atoms with Crippen LogP contribution in [-0.4, -0.2) is 26.9 Å². The van der Waals surface area contributed by atoms with Crippen molar-refractivity contribution in [2.45, 2.75) is 20.1 Å². The number of para-hydroxylation sites is 1. The van der Waals surface area contributed by atoms with E-state index in [0.717, 1.165) is 10.8 Å². The van der Waals surface area contributed by atoms with Crippen LogP contribution in [0.15, 0.2) is 30.5 Å². The third-order valence-electron chi connectivity index (χ3n) is 2.93. The maximum Gasteiger partial charge on any atom is 0.387 e. The van der Waals surface area contributed by atoms with Crippen LogP contribution in [0, 0.1) is 17.0 Å². The molecule has 0 unspecified atom stereocenters. The van der Waals surface area contributed by atoms with Crippen LogP contribution in [0.2, 0.25) is 0 Å². The number of halogens is 2. The number of hydrogen-bond acceptors (Lipinski definition) is 5. The van der Waals surface area contributed by atoms with Gasteiger partial charge in [0.25, 0.3) is 0 Å². The van der Waals surface area contributed by atoms with Gasteiger partial charge in [0.05, 0.1) is 5.56 Å². The highest BCUT2D eigenvalue weighted by Crippen LogP contribution is 2.22. The van der Waals surface area contributed by atoms with Gasteiger partial charge in [-0.05, 0) is 17.1 Å². The number of benzene rings is 1. The van der Waals surface area contributed by atoms with Gasteiger partial charge >= 0.3 is 12.4 Å². The predicted octanol–water partition coefficient (Wildman–Crippen LogP) is 2.58. The first-order valence-electron chi connectivity index (χ1n) is 6.13. The Labute approximate surface area is 123 Å². The van der Waals surface area contributed by atoms with Crippen LogP contribution in [0.3, 0.4) is 0 Å². The Balaban J connectivity index is 2.31. The standard InChI is InChI=1S/C13H11F2N3O4/c1-8-16-6-12(18(20)21)17(8)7-10(19)9-4-2-3-5-11(9)22-13(14)15/h2-6,13H,7H2,1H3. The molecule has 0 saturated carbocycles. The van der Waals surface area contributed by atoms with Crippen molar-refractivity contribution in [1.29, 1.82) is 0 Å². The first-order valence-corrected chi connectivity index (χ1v) is 6.13. The molecule has 0 bridgehead atoms. The number of nitro groups is 1. The molecule has 0 atom stereocenters. The van der Waals surface area contributed by atoms with E-state index in [0.29, 0.717) is 0 Å². The van der Waals surface area contributed by atoms with Gasteiger partial charge in [0, 0.05) is 6.92 Å². The zero-order valence-electron chi connectivity index (χ0n) is 11.4. The van der Waals surface area contributed by atoms with E-state index in [1.54, 1.807) is 0 Å². The summed E-state index contributed by atoms with van der Waals surface area (Å²) in [7, 11) is 0. The van der Waals surface area contributed by atoms with Crippen molar-refractivity contribution in [1.82, 2.24) is 9.55 Å². The Morgan fingerprint density at radius 2 is 2.14 bits per heavy atom. The molecule has 0 aliphatic carbocycles. The van der Waals surface area contributed by atoms with E-state index in [1.165, 1.54) is 31.2 Å². The second-order valence-corrected chi connectivity index (χ2v) is 4.30. The Kier molecular flexibility index (Phi) is 4.44. The van der Waals surface area contributed by atoms with Crippen molar-refractivity contribution in [3.63, 3.8) is 0 Å². The minimum absolute atomic E-state index is 0.0785. The van der Waals surface area contributed by atoms with Gasteiger partial charge in [-0.2, -0.15) is 8.78 Å². The van der Waals surface area contributed by atoms with E-state index in [9.17, 15) is 23.7 Å². The van der Waals surface area contributed by atoms with Gasteiger partial charge in [-0.15, -0.1) is 0 Å². The summed E-state index contributed by atoms with van der Waals surface area (Å²) >= 11 is 0. The van der Waals surface area contributed by atoms with Crippen molar-refractivity contribution in [2.75, 3.05) is 0 Å². The minimum Gasteiger partial charge on any atom is -0.434 e. The maximum atomic E-state index is 12.3.